The number of sulfonamides is 1. The van der Waals surface area contributed by atoms with E-state index in [-0.39, 0.29) is 10.6 Å². The Kier molecular flexibility index (Phi) is 5.30. The van der Waals surface area contributed by atoms with Crippen molar-refractivity contribution in [2.24, 2.45) is 0 Å². The largest absolute Gasteiger partial charge is 0.296 e. The Labute approximate surface area is 150 Å². The molecule has 0 atom stereocenters. The summed E-state index contributed by atoms with van der Waals surface area (Å²) in [5, 5.41) is 10.8. The SMILES string of the molecule is O=[N+]([O-])c1cccc(CN2CCN(S(=O)(=O)c3ccc(F)cc3)CC2)c1. The van der Waals surface area contributed by atoms with Crippen LogP contribution in [0, 0.1) is 15.9 Å². The van der Waals surface area contributed by atoms with Crippen molar-refractivity contribution in [2.75, 3.05) is 26.2 Å². The van der Waals surface area contributed by atoms with Gasteiger partial charge in [0.25, 0.3) is 5.69 Å². The van der Waals surface area contributed by atoms with Crippen LogP contribution in [0.5, 0.6) is 0 Å². The maximum absolute atomic E-state index is 13.0. The van der Waals surface area contributed by atoms with Crippen LogP contribution in [-0.2, 0) is 16.6 Å². The van der Waals surface area contributed by atoms with Crippen molar-refractivity contribution in [1.29, 1.82) is 0 Å². The summed E-state index contributed by atoms with van der Waals surface area (Å²) in [6, 6.07) is 11.2. The number of nitrogens with zero attached hydrogens (tertiary/aromatic N) is 3. The fraction of sp³-hybridized carbons (Fsp3) is 0.294. The molecule has 0 saturated carbocycles. The third-order valence-corrected chi connectivity index (χ3v) is 6.22. The second-order valence-corrected chi connectivity index (χ2v) is 8.00. The molecule has 1 aliphatic rings. The van der Waals surface area contributed by atoms with Crippen LogP contribution in [0.1, 0.15) is 5.56 Å². The molecule has 1 heterocycles. The van der Waals surface area contributed by atoms with Crippen molar-refractivity contribution in [3.8, 4) is 0 Å². The van der Waals surface area contributed by atoms with Gasteiger partial charge in [0.2, 0.25) is 10.0 Å². The Morgan fingerprint density at radius 2 is 1.69 bits per heavy atom. The molecule has 0 spiro atoms. The van der Waals surface area contributed by atoms with Gasteiger partial charge in [0.15, 0.2) is 0 Å². The average Bonchev–Trinajstić information content (AvgIpc) is 2.63. The number of nitro benzene ring substituents is 1. The summed E-state index contributed by atoms with van der Waals surface area (Å²) in [5.74, 6) is -0.481. The summed E-state index contributed by atoms with van der Waals surface area (Å²) < 4.78 is 39.6. The first kappa shape index (κ1) is 18.4. The molecule has 1 aliphatic heterocycles. The second-order valence-electron chi connectivity index (χ2n) is 6.06. The summed E-state index contributed by atoms with van der Waals surface area (Å²) in [6.07, 6.45) is 0. The molecule has 7 nitrogen and oxygen atoms in total. The number of nitro groups is 1. The van der Waals surface area contributed by atoms with Crippen molar-refractivity contribution in [1.82, 2.24) is 9.21 Å². The van der Waals surface area contributed by atoms with Gasteiger partial charge in [-0.15, -0.1) is 0 Å². The molecule has 0 radical (unpaired) electrons. The van der Waals surface area contributed by atoms with Crippen molar-refractivity contribution < 1.29 is 17.7 Å². The summed E-state index contributed by atoms with van der Waals surface area (Å²) in [6.45, 7) is 2.18. The number of hydrogen-bond acceptors (Lipinski definition) is 5. The number of piperazine rings is 1. The molecule has 0 unspecified atom stereocenters. The third kappa shape index (κ3) is 4.06. The van der Waals surface area contributed by atoms with Gasteiger partial charge in [-0.05, 0) is 29.8 Å². The van der Waals surface area contributed by atoms with E-state index in [1.807, 2.05) is 6.07 Å². The fourth-order valence-corrected chi connectivity index (χ4v) is 4.33. The van der Waals surface area contributed by atoms with Gasteiger partial charge in [-0.2, -0.15) is 4.31 Å². The van der Waals surface area contributed by atoms with E-state index in [1.54, 1.807) is 6.07 Å². The molecule has 0 amide bonds. The molecule has 1 saturated heterocycles. The van der Waals surface area contributed by atoms with Gasteiger partial charge in [-0.1, -0.05) is 12.1 Å². The van der Waals surface area contributed by atoms with Gasteiger partial charge in [0.1, 0.15) is 5.82 Å². The molecule has 138 valence electrons. The lowest BCUT2D eigenvalue weighted by Crippen LogP contribution is -2.48. The molecule has 0 N–H and O–H groups in total. The van der Waals surface area contributed by atoms with E-state index in [0.29, 0.717) is 32.7 Å². The van der Waals surface area contributed by atoms with Gasteiger partial charge in [0, 0.05) is 44.9 Å². The smallest absolute Gasteiger partial charge is 0.269 e. The highest BCUT2D eigenvalue weighted by molar-refractivity contribution is 7.89. The summed E-state index contributed by atoms with van der Waals surface area (Å²) in [7, 11) is -3.64. The van der Waals surface area contributed by atoms with Crippen LogP contribution < -0.4 is 0 Å². The zero-order valence-corrected chi connectivity index (χ0v) is 14.7. The lowest BCUT2D eigenvalue weighted by Gasteiger charge is -2.34. The lowest BCUT2D eigenvalue weighted by atomic mass is 10.2. The van der Waals surface area contributed by atoms with Crippen LogP contribution in [0.3, 0.4) is 0 Å². The summed E-state index contributed by atoms with van der Waals surface area (Å²) >= 11 is 0. The lowest BCUT2D eigenvalue weighted by molar-refractivity contribution is -0.384. The van der Waals surface area contributed by atoms with Crippen molar-refractivity contribution >= 4 is 15.7 Å². The molecule has 0 aliphatic carbocycles. The monoisotopic (exact) mass is 379 g/mol. The molecule has 0 aromatic heterocycles. The zero-order valence-electron chi connectivity index (χ0n) is 13.9. The fourth-order valence-electron chi connectivity index (χ4n) is 2.91. The molecule has 2 aromatic carbocycles. The van der Waals surface area contributed by atoms with Gasteiger partial charge in [0.05, 0.1) is 9.82 Å². The third-order valence-electron chi connectivity index (χ3n) is 4.31. The molecule has 3 rings (SSSR count). The van der Waals surface area contributed by atoms with Gasteiger partial charge in [-0.3, -0.25) is 15.0 Å². The average molecular weight is 379 g/mol. The molecular weight excluding hydrogens is 361 g/mol. The maximum Gasteiger partial charge on any atom is 0.269 e. The summed E-state index contributed by atoms with van der Waals surface area (Å²) in [5.41, 5.74) is 0.856. The molecule has 26 heavy (non-hydrogen) atoms. The summed E-state index contributed by atoms with van der Waals surface area (Å²) in [4.78, 5) is 12.5. The zero-order chi connectivity index (χ0) is 18.7. The first-order chi connectivity index (χ1) is 12.4. The van der Waals surface area contributed by atoms with Gasteiger partial charge < -0.3 is 0 Å². The second kappa shape index (κ2) is 7.48. The topological polar surface area (TPSA) is 83.8 Å². The van der Waals surface area contributed by atoms with Crippen molar-refractivity contribution in [3.05, 3.63) is 70.0 Å². The molecule has 0 bridgehead atoms. The first-order valence-corrected chi connectivity index (χ1v) is 9.52. The van der Waals surface area contributed by atoms with E-state index in [1.165, 1.54) is 28.6 Å². The van der Waals surface area contributed by atoms with E-state index < -0.39 is 20.8 Å². The maximum atomic E-state index is 13.0. The quantitative estimate of drug-likeness (QED) is 0.588. The van der Waals surface area contributed by atoms with E-state index in [2.05, 4.69) is 4.90 Å². The van der Waals surface area contributed by atoms with Crippen LogP contribution in [0.2, 0.25) is 0 Å². The minimum absolute atomic E-state index is 0.0417. The number of benzene rings is 2. The van der Waals surface area contributed by atoms with Crippen LogP contribution in [-0.4, -0.2) is 48.7 Å². The van der Waals surface area contributed by atoms with E-state index in [9.17, 15) is 22.9 Å². The Morgan fingerprint density at radius 1 is 1.04 bits per heavy atom. The van der Waals surface area contributed by atoms with E-state index >= 15 is 0 Å². The molecular formula is C17H18FN3O4S. The van der Waals surface area contributed by atoms with Crippen LogP contribution in [0.15, 0.2) is 53.4 Å². The van der Waals surface area contributed by atoms with Crippen LogP contribution in [0.4, 0.5) is 10.1 Å². The first-order valence-electron chi connectivity index (χ1n) is 8.08. The van der Waals surface area contributed by atoms with Crippen LogP contribution >= 0.6 is 0 Å². The molecule has 2 aromatic rings. The number of non-ortho nitro benzene ring substituents is 1. The standard InChI is InChI=1S/C17H18FN3O4S/c18-15-4-6-17(7-5-15)26(24,25)20-10-8-19(9-11-20)13-14-2-1-3-16(12-14)21(22)23/h1-7,12H,8-11,13H2. The Hall–Kier alpha value is -2.36. The predicted molar refractivity (Wildman–Crippen MR) is 93.5 cm³/mol. The predicted octanol–water partition coefficient (Wildman–Crippen LogP) is 2.24. The van der Waals surface area contributed by atoms with Crippen molar-refractivity contribution in [3.63, 3.8) is 0 Å². The van der Waals surface area contributed by atoms with E-state index in [4.69, 9.17) is 0 Å². The molecule has 1 fully saturated rings. The number of rotatable bonds is 5. The Bertz CT molecular complexity index is 894. The van der Waals surface area contributed by atoms with Crippen LogP contribution in [0.25, 0.3) is 0 Å². The highest BCUT2D eigenvalue weighted by Crippen LogP contribution is 2.20. The highest BCUT2D eigenvalue weighted by Gasteiger charge is 2.28. The Balaban J connectivity index is 1.63. The number of hydrogen-bond donors (Lipinski definition) is 0. The van der Waals surface area contributed by atoms with Gasteiger partial charge in [-0.25, -0.2) is 12.8 Å². The highest BCUT2D eigenvalue weighted by atomic mass is 32.2. The van der Waals surface area contributed by atoms with Crippen molar-refractivity contribution in [2.45, 2.75) is 11.4 Å². The van der Waals surface area contributed by atoms with E-state index in [0.717, 1.165) is 17.7 Å². The molecule has 9 heteroatoms. The minimum atomic E-state index is -3.64. The van der Waals surface area contributed by atoms with Gasteiger partial charge >= 0.3 is 0 Å². The normalized spacial score (nSPS) is 16.5. The number of halogens is 1. The minimum Gasteiger partial charge on any atom is -0.296 e. The Morgan fingerprint density at radius 3 is 2.31 bits per heavy atom.